The van der Waals surface area contributed by atoms with Gasteiger partial charge in [0.1, 0.15) is 5.76 Å². The molecule has 0 aliphatic carbocycles. The molecule has 8 nitrogen and oxygen atoms in total. The minimum atomic E-state index is -3.09. The lowest BCUT2D eigenvalue weighted by atomic mass is 10.2. The third-order valence-electron chi connectivity index (χ3n) is 5.16. The lowest BCUT2D eigenvalue weighted by Gasteiger charge is -2.23. The number of hydrogen-bond acceptors (Lipinski definition) is 6. The van der Waals surface area contributed by atoms with E-state index in [-0.39, 0.29) is 17.5 Å². The first-order valence-corrected chi connectivity index (χ1v) is 10.8. The Balaban J connectivity index is 1.61. The highest BCUT2D eigenvalue weighted by Crippen LogP contribution is 2.19. The molecule has 1 fully saturated rings. The molecule has 9 heteroatoms. The number of sulfone groups is 1. The minimum absolute atomic E-state index is 0.0445. The number of hydrogen-bond donors (Lipinski definition) is 0. The SMILES string of the molecule is Cc1cc(C(=O)OCC(=O)N(C)[C@@H]2CCS(=O)(=O)C2)c(C)n1Cc1ccco1. The normalized spacial score (nSPS) is 18.2. The number of rotatable bonds is 6. The van der Waals surface area contributed by atoms with Gasteiger partial charge in [0.05, 0.1) is 29.9 Å². The maximum atomic E-state index is 12.5. The molecule has 1 atom stereocenters. The molecule has 3 rings (SSSR count). The van der Waals surface area contributed by atoms with Crippen LogP contribution in [0.4, 0.5) is 0 Å². The fourth-order valence-corrected chi connectivity index (χ4v) is 5.18. The van der Waals surface area contributed by atoms with Gasteiger partial charge in [0.2, 0.25) is 0 Å². The Hall–Kier alpha value is -2.55. The average Bonchev–Trinajstić information content (AvgIpc) is 3.35. The van der Waals surface area contributed by atoms with Crippen molar-refractivity contribution < 1.29 is 27.2 Å². The summed E-state index contributed by atoms with van der Waals surface area (Å²) in [5.74, 6) is -0.196. The first-order valence-electron chi connectivity index (χ1n) is 9.00. The van der Waals surface area contributed by atoms with Crippen LogP contribution in [0.2, 0.25) is 0 Å². The summed E-state index contributed by atoms with van der Waals surface area (Å²) in [4.78, 5) is 26.1. The van der Waals surface area contributed by atoms with Crippen LogP contribution in [-0.4, -0.2) is 61.0 Å². The number of amides is 1. The van der Waals surface area contributed by atoms with Gasteiger partial charge in [0.25, 0.3) is 5.91 Å². The molecule has 1 aliphatic heterocycles. The molecule has 1 amide bonds. The Morgan fingerprint density at radius 2 is 2.11 bits per heavy atom. The lowest BCUT2D eigenvalue weighted by molar-refractivity contribution is -0.134. The number of carbonyl (C=O) groups excluding carboxylic acids is 2. The zero-order chi connectivity index (χ0) is 20.5. The summed E-state index contributed by atoms with van der Waals surface area (Å²) in [6.45, 7) is 3.76. The molecule has 0 bridgehead atoms. The smallest absolute Gasteiger partial charge is 0.340 e. The van der Waals surface area contributed by atoms with Crippen LogP contribution < -0.4 is 0 Å². The molecule has 0 radical (unpaired) electrons. The van der Waals surface area contributed by atoms with Crippen molar-refractivity contribution in [3.05, 3.63) is 47.2 Å². The van der Waals surface area contributed by atoms with E-state index in [1.54, 1.807) is 18.4 Å². The highest BCUT2D eigenvalue weighted by Gasteiger charge is 2.33. The van der Waals surface area contributed by atoms with Gasteiger partial charge in [-0.1, -0.05) is 0 Å². The summed E-state index contributed by atoms with van der Waals surface area (Å²) in [7, 11) is -1.55. The van der Waals surface area contributed by atoms with Crippen molar-refractivity contribution in [2.45, 2.75) is 32.9 Å². The zero-order valence-corrected chi connectivity index (χ0v) is 17.0. The number of aromatic nitrogens is 1. The Labute approximate surface area is 164 Å². The lowest BCUT2D eigenvalue weighted by Crippen LogP contribution is -2.40. The third-order valence-corrected chi connectivity index (χ3v) is 6.91. The Morgan fingerprint density at radius 3 is 2.71 bits per heavy atom. The first kappa shape index (κ1) is 20.2. The van der Waals surface area contributed by atoms with Crippen molar-refractivity contribution in [2.24, 2.45) is 0 Å². The number of carbonyl (C=O) groups is 2. The van der Waals surface area contributed by atoms with Crippen LogP contribution >= 0.6 is 0 Å². The van der Waals surface area contributed by atoms with E-state index in [9.17, 15) is 18.0 Å². The molecule has 1 aliphatic rings. The molecule has 1 saturated heterocycles. The number of furan rings is 1. The average molecular weight is 408 g/mol. The van der Waals surface area contributed by atoms with Crippen LogP contribution in [0.5, 0.6) is 0 Å². The van der Waals surface area contributed by atoms with Gasteiger partial charge in [-0.05, 0) is 38.5 Å². The van der Waals surface area contributed by atoms with E-state index in [4.69, 9.17) is 9.15 Å². The summed E-state index contributed by atoms with van der Waals surface area (Å²) in [5.41, 5.74) is 1.99. The Bertz CT molecular complexity index is 974. The number of aryl methyl sites for hydroxylation is 1. The first-order chi connectivity index (χ1) is 13.2. The quantitative estimate of drug-likeness (QED) is 0.673. The molecule has 0 aromatic carbocycles. The monoisotopic (exact) mass is 408 g/mol. The van der Waals surface area contributed by atoms with E-state index in [0.717, 1.165) is 17.1 Å². The highest BCUT2D eigenvalue weighted by atomic mass is 32.2. The van der Waals surface area contributed by atoms with Crippen LogP contribution in [0, 0.1) is 13.8 Å². The number of likely N-dealkylation sites (N-methyl/N-ethyl adjacent to an activating group) is 1. The Morgan fingerprint density at radius 1 is 1.36 bits per heavy atom. The summed E-state index contributed by atoms with van der Waals surface area (Å²) in [6.07, 6.45) is 2.00. The second-order valence-corrected chi connectivity index (χ2v) is 9.32. The second kappa shape index (κ2) is 7.83. The molecule has 0 unspecified atom stereocenters. The van der Waals surface area contributed by atoms with Crippen molar-refractivity contribution in [2.75, 3.05) is 25.2 Å². The summed E-state index contributed by atoms with van der Waals surface area (Å²) in [6, 6.07) is 5.01. The predicted octanol–water partition coefficient (Wildman–Crippen LogP) is 1.55. The molecule has 0 spiro atoms. The standard InChI is InChI=1S/C19H24N2O6S/c1-13-9-17(14(2)21(13)10-16-5-4-7-26-16)19(23)27-11-18(22)20(3)15-6-8-28(24,25)12-15/h4-5,7,9,15H,6,8,10-12H2,1-3H3/t15-/m1/s1. The molecule has 2 aromatic rings. The van der Waals surface area contributed by atoms with Crippen molar-refractivity contribution in [1.29, 1.82) is 0 Å². The summed E-state index contributed by atoms with van der Waals surface area (Å²) < 4.78 is 35.6. The van der Waals surface area contributed by atoms with Gasteiger partial charge in [0, 0.05) is 24.5 Å². The van der Waals surface area contributed by atoms with Crippen LogP contribution in [0.25, 0.3) is 0 Å². The van der Waals surface area contributed by atoms with Crippen molar-refractivity contribution >= 4 is 21.7 Å². The Kier molecular flexibility index (Phi) is 5.64. The number of ether oxygens (including phenoxy) is 1. The molecule has 2 aromatic heterocycles. The molecule has 0 saturated carbocycles. The molecular weight excluding hydrogens is 384 g/mol. The molecule has 152 valence electrons. The maximum absolute atomic E-state index is 12.5. The minimum Gasteiger partial charge on any atom is -0.467 e. The highest BCUT2D eigenvalue weighted by molar-refractivity contribution is 7.91. The van der Waals surface area contributed by atoms with Gasteiger partial charge in [-0.25, -0.2) is 13.2 Å². The van der Waals surface area contributed by atoms with E-state index >= 15 is 0 Å². The van der Waals surface area contributed by atoms with Crippen LogP contribution in [0.3, 0.4) is 0 Å². The molecular formula is C19H24N2O6S. The van der Waals surface area contributed by atoms with Crippen molar-refractivity contribution in [1.82, 2.24) is 9.47 Å². The van der Waals surface area contributed by atoms with Crippen molar-refractivity contribution in [3.8, 4) is 0 Å². The van der Waals surface area contributed by atoms with E-state index in [0.29, 0.717) is 18.5 Å². The van der Waals surface area contributed by atoms with Gasteiger partial charge in [-0.15, -0.1) is 0 Å². The van der Waals surface area contributed by atoms with E-state index < -0.39 is 28.3 Å². The summed E-state index contributed by atoms with van der Waals surface area (Å²) in [5, 5.41) is 0. The van der Waals surface area contributed by atoms with Gasteiger partial charge >= 0.3 is 5.97 Å². The zero-order valence-electron chi connectivity index (χ0n) is 16.2. The van der Waals surface area contributed by atoms with Crippen LogP contribution in [-0.2, 0) is 25.9 Å². The second-order valence-electron chi connectivity index (χ2n) is 7.09. The van der Waals surface area contributed by atoms with E-state index in [1.165, 1.54) is 11.9 Å². The van der Waals surface area contributed by atoms with Gasteiger partial charge < -0.3 is 18.6 Å². The van der Waals surface area contributed by atoms with Gasteiger partial charge in [-0.3, -0.25) is 4.79 Å². The van der Waals surface area contributed by atoms with Crippen molar-refractivity contribution in [3.63, 3.8) is 0 Å². The van der Waals surface area contributed by atoms with Gasteiger partial charge in [-0.2, -0.15) is 0 Å². The maximum Gasteiger partial charge on any atom is 0.340 e. The van der Waals surface area contributed by atoms with Crippen LogP contribution in [0.1, 0.15) is 33.9 Å². The fourth-order valence-electron chi connectivity index (χ4n) is 3.40. The summed E-state index contributed by atoms with van der Waals surface area (Å²) >= 11 is 0. The number of esters is 1. The van der Waals surface area contributed by atoms with Crippen LogP contribution in [0.15, 0.2) is 28.9 Å². The topological polar surface area (TPSA) is 98.8 Å². The fraction of sp³-hybridized carbons (Fsp3) is 0.474. The van der Waals surface area contributed by atoms with Gasteiger partial charge in [0.15, 0.2) is 16.4 Å². The van der Waals surface area contributed by atoms with E-state index in [2.05, 4.69) is 0 Å². The molecule has 0 N–H and O–H groups in total. The third kappa shape index (κ3) is 4.30. The molecule has 28 heavy (non-hydrogen) atoms. The van der Waals surface area contributed by atoms with E-state index in [1.807, 2.05) is 24.5 Å². The predicted molar refractivity (Wildman–Crippen MR) is 102 cm³/mol. The molecule has 3 heterocycles. The largest absolute Gasteiger partial charge is 0.467 e. The number of nitrogens with zero attached hydrogens (tertiary/aromatic N) is 2.